The summed E-state index contributed by atoms with van der Waals surface area (Å²) in [5.74, 6) is 0. The maximum absolute atomic E-state index is 13.6. The van der Waals surface area contributed by atoms with E-state index in [0.29, 0.717) is 3.97 Å². The van der Waals surface area contributed by atoms with Crippen LogP contribution in [0.1, 0.15) is 23.2 Å². The zero-order chi connectivity index (χ0) is 20.9. The van der Waals surface area contributed by atoms with E-state index in [1.165, 1.54) is 12.1 Å². The van der Waals surface area contributed by atoms with Crippen molar-refractivity contribution in [3.05, 3.63) is 47.3 Å². The number of hydrogen-bond donors (Lipinski definition) is 0. The highest BCUT2D eigenvalue weighted by Crippen LogP contribution is 2.43. The van der Waals surface area contributed by atoms with Crippen LogP contribution in [0, 0.1) is 23.7 Å². The van der Waals surface area contributed by atoms with Crippen molar-refractivity contribution in [2.75, 3.05) is 0 Å². The van der Waals surface area contributed by atoms with Crippen LogP contribution in [0.5, 0.6) is 0 Å². The molecule has 0 unspecified atom stereocenters. The van der Waals surface area contributed by atoms with Crippen LogP contribution in [0.3, 0.4) is 0 Å². The Balaban J connectivity index is 2.28. The summed E-state index contributed by atoms with van der Waals surface area (Å²) in [6.07, 6.45) is -3.30. The molecule has 0 bridgehead atoms. The SMILES string of the molecule is Cc1ccc(S(=O)(=O)n2cc(S(=O)(=O)Cl)c3c2C[C@](C#N)(C(F)F)CC3)cc1. The summed E-state index contributed by atoms with van der Waals surface area (Å²) >= 11 is 0. The molecule has 0 radical (unpaired) electrons. The quantitative estimate of drug-likeness (QED) is 0.669. The normalized spacial score (nSPS) is 20.0. The van der Waals surface area contributed by atoms with Crippen LogP contribution in [0.4, 0.5) is 8.78 Å². The van der Waals surface area contributed by atoms with E-state index in [4.69, 9.17) is 10.7 Å². The molecular formula is C17H15ClF2N2O4S2. The monoisotopic (exact) mass is 448 g/mol. The average molecular weight is 449 g/mol. The Labute approximate surface area is 165 Å². The lowest BCUT2D eigenvalue weighted by molar-refractivity contribution is 0.0228. The predicted molar refractivity (Wildman–Crippen MR) is 97.3 cm³/mol. The number of nitrogens with zero attached hydrogens (tertiary/aromatic N) is 2. The van der Waals surface area contributed by atoms with Gasteiger partial charge >= 0.3 is 0 Å². The van der Waals surface area contributed by atoms with Crippen LogP contribution in [0.2, 0.25) is 0 Å². The molecule has 0 aliphatic heterocycles. The Hall–Kier alpha value is -1.96. The molecule has 0 saturated carbocycles. The third-order valence-electron chi connectivity index (χ3n) is 4.93. The van der Waals surface area contributed by atoms with Gasteiger partial charge in [-0.2, -0.15) is 5.26 Å². The molecule has 1 aliphatic rings. The highest BCUT2D eigenvalue weighted by Gasteiger charge is 2.47. The molecule has 0 saturated heterocycles. The molecule has 11 heteroatoms. The first-order chi connectivity index (χ1) is 12.9. The molecule has 1 aromatic carbocycles. The van der Waals surface area contributed by atoms with Crippen LogP contribution in [-0.4, -0.2) is 27.2 Å². The number of aryl methyl sites for hydroxylation is 1. The van der Waals surface area contributed by atoms with E-state index in [9.17, 15) is 30.9 Å². The van der Waals surface area contributed by atoms with Crippen molar-refractivity contribution in [3.63, 3.8) is 0 Å². The van der Waals surface area contributed by atoms with Crippen molar-refractivity contribution in [1.29, 1.82) is 5.26 Å². The van der Waals surface area contributed by atoms with E-state index in [-0.39, 0.29) is 29.0 Å². The Kier molecular flexibility index (Phi) is 5.06. The van der Waals surface area contributed by atoms with E-state index in [0.717, 1.165) is 11.8 Å². The van der Waals surface area contributed by atoms with Crippen LogP contribution in [0.15, 0.2) is 40.3 Å². The second-order valence-electron chi connectivity index (χ2n) is 6.72. The van der Waals surface area contributed by atoms with E-state index in [2.05, 4.69) is 0 Å². The summed E-state index contributed by atoms with van der Waals surface area (Å²) in [5, 5.41) is 9.31. The number of hydrogen-bond acceptors (Lipinski definition) is 5. The van der Waals surface area contributed by atoms with Gasteiger partial charge in [0.25, 0.3) is 25.5 Å². The summed E-state index contributed by atoms with van der Waals surface area (Å²) in [4.78, 5) is -0.583. The Morgan fingerprint density at radius 3 is 2.32 bits per heavy atom. The van der Waals surface area contributed by atoms with Crippen LogP contribution >= 0.6 is 10.7 Å². The van der Waals surface area contributed by atoms with Gasteiger partial charge in [-0.3, -0.25) is 0 Å². The van der Waals surface area contributed by atoms with Crippen molar-refractivity contribution in [2.24, 2.45) is 5.41 Å². The number of aromatic nitrogens is 1. The Bertz CT molecular complexity index is 1180. The molecule has 3 rings (SSSR count). The van der Waals surface area contributed by atoms with Crippen LogP contribution in [-0.2, 0) is 31.9 Å². The summed E-state index contributed by atoms with van der Waals surface area (Å²) in [6, 6.07) is 7.37. The second-order valence-corrected chi connectivity index (χ2v) is 11.1. The molecule has 2 aromatic rings. The molecule has 28 heavy (non-hydrogen) atoms. The van der Waals surface area contributed by atoms with Gasteiger partial charge in [-0.1, -0.05) is 17.7 Å². The molecule has 150 valence electrons. The molecule has 1 aliphatic carbocycles. The fourth-order valence-corrected chi connectivity index (χ4v) is 5.93. The lowest BCUT2D eigenvalue weighted by Gasteiger charge is -2.31. The molecule has 1 heterocycles. The molecule has 0 fully saturated rings. The van der Waals surface area contributed by atoms with Gasteiger partial charge in [-0.15, -0.1) is 0 Å². The molecule has 0 amide bonds. The second kappa shape index (κ2) is 6.83. The minimum atomic E-state index is -4.32. The van der Waals surface area contributed by atoms with Gasteiger partial charge in [0.15, 0.2) is 0 Å². The topological polar surface area (TPSA) is 97.0 Å². The predicted octanol–water partition coefficient (Wildman–Crippen LogP) is 3.22. The van der Waals surface area contributed by atoms with Crippen molar-refractivity contribution in [1.82, 2.24) is 3.97 Å². The fourth-order valence-electron chi connectivity index (χ4n) is 3.30. The van der Waals surface area contributed by atoms with Gasteiger partial charge in [-0.25, -0.2) is 29.6 Å². The van der Waals surface area contributed by atoms with Gasteiger partial charge in [0.1, 0.15) is 10.3 Å². The van der Waals surface area contributed by atoms with Crippen molar-refractivity contribution < 1.29 is 25.6 Å². The van der Waals surface area contributed by atoms with E-state index in [1.54, 1.807) is 25.1 Å². The van der Waals surface area contributed by atoms with Gasteiger partial charge in [0.2, 0.25) is 0 Å². The zero-order valence-corrected chi connectivity index (χ0v) is 17.0. The molecule has 0 spiro atoms. The van der Waals surface area contributed by atoms with Gasteiger partial charge < -0.3 is 0 Å². The van der Waals surface area contributed by atoms with Crippen molar-refractivity contribution in [2.45, 2.75) is 42.4 Å². The number of rotatable bonds is 4. The summed E-state index contributed by atoms with van der Waals surface area (Å²) in [5.41, 5.74) is -1.40. The fraction of sp³-hybridized carbons (Fsp3) is 0.353. The highest BCUT2D eigenvalue weighted by atomic mass is 35.7. The maximum Gasteiger partial charge on any atom is 0.267 e. The first-order valence-electron chi connectivity index (χ1n) is 8.12. The van der Waals surface area contributed by atoms with Crippen LogP contribution < -0.4 is 0 Å². The Morgan fingerprint density at radius 2 is 1.82 bits per heavy atom. The standard InChI is InChI=1S/C17H15ClF2N2O4S2/c1-11-2-4-12(5-3-11)28(25,26)22-9-15(27(18,23)24)13-6-7-17(10-21,16(19)20)8-14(13)22/h2-5,9,16H,6-8H2,1H3/t17-/m1/s1. The zero-order valence-electron chi connectivity index (χ0n) is 14.6. The number of fused-ring (bicyclic) bond motifs is 1. The molecule has 0 N–H and O–H groups in total. The third kappa shape index (κ3) is 3.32. The van der Waals surface area contributed by atoms with E-state index < -0.39 is 42.2 Å². The number of benzene rings is 1. The lowest BCUT2D eigenvalue weighted by atomic mass is 9.75. The maximum atomic E-state index is 13.6. The molecule has 1 atom stereocenters. The molecule has 1 aromatic heterocycles. The van der Waals surface area contributed by atoms with Crippen molar-refractivity contribution in [3.8, 4) is 6.07 Å². The van der Waals surface area contributed by atoms with Gasteiger partial charge in [0.05, 0.1) is 11.0 Å². The molecular weight excluding hydrogens is 434 g/mol. The minimum absolute atomic E-state index is 0.0530. The van der Waals surface area contributed by atoms with E-state index >= 15 is 0 Å². The third-order valence-corrected chi connectivity index (χ3v) is 8.02. The smallest absolute Gasteiger partial charge is 0.244 e. The summed E-state index contributed by atoms with van der Waals surface area (Å²) < 4.78 is 77.9. The van der Waals surface area contributed by atoms with Gasteiger partial charge in [0, 0.05) is 29.0 Å². The van der Waals surface area contributed by atoms with Crippen LogP contribution in [0.25, 0.3) is 0 Å². The highest BCUT2D eigenvalue weighted by molar-refractivity contribution is 8.13. The Morgan fingerprint density at radius 1 is 1.21 bits per heavy atom. The summed E-state index contributed by atoms with van der Waals surface area (Å²) in [6.45, 7) is 1.76. The lowest BCUT2D eigenvalue weighted by Crippen LogP contribution is -2.36. The van der Waals surface area contributed by atoms with Crippen molar-refractivity contribution >= 4 is 29.8 Å². The minimum Gasteiger partial charge on any atom is -0.244 e. The molecule has 6 nitrogen and oxygen atoms in total. The van der Waals surface area contributed by atoms with E-state index in [1.807, 2.05) is 0 Å². The average Bonchev–Trinajstić information content (AvgIpc) is 3.01. The number of nitriles is 1. The first kappa shape index (κ1) is 20.8. The largest absolute Gasteiger partial charge is 0.267 e. The summed E-state index contributed by atoms with van der Waals surface area (Å²) in [7, 11) is -3.16. The number of alkyl halides is 2. The van der Waals surface area contributed by atoms with Gasteiger partial charge in [-0.05, 0) is 37.5 Å². The first-order valence-corrected chi connectivity index (χ1v) is 11.9. The number of halogens is 3.